The SMILES string of the molecule is O=C(NCC(c1cccnc1)[NH+]1CCN(c2ccc(F)cc2)CC1)c1ccccc1F. The number of anilines is 1. The van der Waals surface area contributed by atoms with Crippen LogP contribution in [-0.2, 0) is 0 Å². The Bertz CT molecular complexity index is 1010. The van der Waals surface area contributed by atoms with E-state index in [1.807, 2.05) is 18.3 Å². The van der Waals surface area contributed by atoms with Crippen LogP contribution >= 0.6 is 0 Å². The minimum Gasteiger partial charge on any atom is -0.360 e. The Morgan fingerprint density at radius 1 is 1.03 bits per heavy atom. The topological polar surface area (TPSA) is 49.7 Å². The fraction of sp³-hybridized carbons (Fsp3) is 0.250. The molecule has 1 aliphatic rings. The van der Waals surface area contributed by atoms with E-state index in [1.165, 1.54) is 29.2 Å². The highest BCUT2D eigenvalue weighted by Crippen LogP contribution is 2.16. The van der Waals surface area contributed by atoms with Gasteiger partial charge in [0.25, 0.3) is 5.91 Å². The number of aromatic nitrogens is 1. The van der Waals surface area contributed by atoms with Gasteiger partial charge in [-0.1, -0.05) is 12.1 Å². The van der Waals surface area contributed by atoms with Crippen LogP contribution in [0.3, 0.4) is 0 Å². The molecule has 0 saturated carbocycles. The first-order valence-electron chi connectivity index (χ1n) is 10.4. The number of benzene rings is 2. The van der Waals surface area contributed by atoms with Crippen molar-refractivity contribution >= 4 is 11.6 Å². The summed E-state index contributed by atoms with van der Waals surface area (Å²) in [5.41, 5.74) is 2.08. The fourth-order valence-electron chi connectivity index (χ4n) is 4.07. The molecule has 0 spiro atoms. The fourth-order valence-corrected chi connectivity index (χ4v) is 4.07. The first kappa shape index (κ1) is 20.9. The zero-order valence-electron chi connectivity index (χ0n) is 17.1. The number of hydrogen-bond acceptors (Lipinski definition) is 3. The van der Waals surface area contributed by atoms with Crippen LogP contribution in [0.4, 0.5) is 14.5 Å². The van der Waals surface area contributed by atoms with Gasteiger partial charge in [-0.3, -0.25) is 9.78 Å². The predicted octanol–water partition coefficient (Wildman–Crippen LogP) is 2.24. The van der Waals surface area contributed by atoms with Gasteiger partial charge in [0.05, 0.1) is 38.3 Å². The van der Waals surface area contributed by atoms with E-state index in [1.54, 1.807) is 30.5 Å². The lowest BCUT2D eigenvalue weighted by Crippen LogP contribution is -3.15. The molecular formula is C24H25F2N4O+. The highest BCUT2D eigenvalue weighted by atomic mass is 19.1. The second-order valence-corrected chi connectivity index (χ2v) is 7.65. The lowest BCUT2D eigenvalue weighted by atomic mass is 10.1. The van der Waals surface area contributed by atoms with E-state index in [9.17, 15) is 13.6 Å². The quantitative estimate of drug-likeness (QED) is 0.640. The minimum absolute atomic E-state index is 0.000193. The molecule has 160 valence electrons. The lowest BCUT2D eigenvalue weighted by molar-refractivity contribution is -0.931. The van der Waals surface area contributed by atoms with Gasteiger partial charge in [0.15, 0.2) is 0 Å². The number of carbonyl (C=O) groups excluding carboxylic acids is 1. The smallest absolute Gasteiger partial charge is 0.254 e. The average Bonchev–Trinajstić information content (AvgIpc) is 2.81. The van der Waals surface area contributed by atoms with Gasteiger partial charge in [-0.2, -0.15) is 0 Å². The number of nitrogens with one attached hydrogen (secondary N) is 2. The first-order chi connectivity index (χ1) is 15.1. The Kier molecular flexibility index (Phi) is 6.52. The summed E-state index contributed by atoms with van der Waals surface area (Å²) in [7, 11) is 0. The molecule has 2 aromatic carbocycles. The van der Waals surface area contributed by atoms with Gasteiger partial charge < -0.3 is 15.1 Å². The third-order valence-electron chi connectivity index (χ3n) is 5.76. The molecule has 31 heavy (non-hydrogen) atoms. The lowest BCUT2D eigenvalue weighted by Gasteiger charge is -2.37. The number of quaternary nitrogens is 1. The molecule has 1 saturated heterocycles. The molecule has 1 aromatic heterocycles. The van der Waals surface area contributed by atoms with Crippen molar-refractivity contribution in [3.8, 4) is 0 Å². The molecule has 1 amide bonds. The number of carbonyl (C=O) groups is 1. The third-order valence-corrected chi connectivity index (χ3v) is 5.76. The first-order valence-corrected chi connectivity index (χ1v) is 10.4. The van der Waals surface area contributed by atoms with Crippen LogP contribution < -0.4 is 15.1 Å². The number of halogens is 2. The Balaban J connectivity index is 1.44. The molecule has 5 nitrogen and oxygen atoms in total. The molecule has 0 aliphatic carbocycles. The largest absolute Gasteiger partial charge is 0.360 e. The normalized spacial score (nSPS) is 15.5. The van der Waals surface area contributed by atoms with Crippen molar-refractivity contribution in [1.82, 2.24) is 10.3 Å². The molecule has 1 fully saturated rings. The van der Waals surface area contributed by atoms with E-state index in [2.05, 4.69) is 15.2 Å². The Labute approximate surface area is 180 Å². The molecule has 1 atom stereocenters. The maximum absolute atomic E-state index is 14.0. The Hall–Kier alpha value is -3.32. The van der Waals surface area contributed by atoms with Gasteiger partial charge in [-0.25, -0.2) is 8.78 Å². The van der Waals surface area contributed by atoms with Crippen LogP contribution in [0, 0.1) is 11.6 Å². The Morgan fingerprint density at radius 2 is 1.77 bits per heavy atom. The minimum atomic E-state index is -0.529. The number of rotatable bonds is 6. The Morgan fingerprint density at radius 3 is 2.45 bits per heavy atom. The highest BCUT2D eigenvalue weighted by molar-refractivity contribution is 5.94. The molecule has 3 aromatic rings. The van der Waals surface area contributed by atoms with Crippen LogP contribution in [0.25, 0.3) is 0 Å². The molecule has 2 N–H and O–H groups in total. The summed E-state index contributed by atoms with van der Waals surface area (Å²) in [4.78, 5) is 20.3. The standard InChI is InChI=1S/C24H24F2N4O/c25-19-7-9-20(10-8-19)29-12-14-30(15-13-29)23(18-4-3-11-27-16-18)17-28-24(31)21-5-1-2-6-22(21)26/h1-11,16,23H,12-15,17H2,(H,28,31)/p+1. The van der Waals surface area contributed by atoms with Gasteiger partial charge in [-0.05, 0) is 48.5 Å². The third kappa shape index (κ3) is 5.06. The summed E-state index contributed by atoms with van der Waals surface area (Å²) in [6.45, 7) is 3.72. The van der Waals surface area contributed by atoms with Crippen molar-refractivity contribution in [3.05, 3.63) is 95.8 Å². The van der Waals surface area contributed by atoms with Crippen molar-refractivity contribution < 1.29 is 18.5 Å². The van der Waals surface area contributed by atoms with Crippen LogP contribution in [0.1, 0.15) is 22.0 Å². The van der Waals surface area contributed by atoms with E-state index in [4.69, 9.17) is 0 Å². The average molecular weight is 423 g/mol. The van der Waals surface area contributed by atoms with Crippen LogP contribution in [0.2, 0.25) is 0 Å². The summed E-state index contributed by atoms with van der Waals surface area (Å²) in [5, 5.41) is 2.90. The molecule has 1 aliphatic heterocycles. The predicted molar refractivity (Wildman–Crippen MR) is 115 cm³/mol. The highest BCUT2D eigenvalue weighted by Gasteiger charge is 2.29. The summed E-state index contributed by atoms with van der Waals surface area (Å²) in [6, 6.07) is 16.4. The summed E-state index contributed by atoms with van der Waals surface area (Å²) in [6.07, 6.45) is 3.54. The van der Waals surface area contributed by atoms with E-state index in [0.29, 0.717) is 6.54 Å². The van der Waals surface area contributed by atoms with Gasteiger partial charge in [0.2, 0.25) is 0 Å². The summed E-state index contributed by atoms with van der Waals surface area (Å²) in [5.74, 6) is -1.19. The van der Waals surface area contributed by atoms with Crippen LogP contribution in [0.15, 0.2) is 73.1 Å². The van der Waals surface area contributed by atoms with Gasteiger partial charge in [-0.15, -0.1) is 0 Å². The van der Waals surface area contributed by atoms with Crippen molar-refractivity contribution in [3.63, 3.8) is 0 Å². The monoisotopic (exact) mass is 423 g/mol. The number of piperazine rings is 1. The van der Waals surface area contributed by atoms with Crippen LogP contribution in [-0.4, -0.2) is 43.6 Å². The maximum atomic E-state index is 14.0. The van der Waals surface area contributed by atoms with Crippen molar-refractivity contribution in [2.24, 2.45) is 0 Å². The molecule has 7 heteroatoms. The van der Waals surface area contributed by atoms with E-state index >= 15 is 0 Å². The molecule has 0 bridgehead atoms. The van der Waals surface area contributed by atoms with E-state index in [-0.39, 0.29) is 17.4 Å². The van der Waals surface area contributed by atoms with Crippen LogP contribution in [0.5, 0.6) is 0 Å². The summed E-state index contributed by atoms with van der Waals surface area (Å²) >= 11 is 0. The van der Waals surface area contributed by atoms with Gasteiger partial charge in [0, 0.05) is 23.6 Å². The maximum Gasteiger partial charge on any atom is 0.254 e. The molecule has 4 rings (SSSR count). The molecule has 1 unspecified atom stereocenters. The number of amides is 1. The zero-order chi connectivity index (χ0) is 21.6. The van der Waals surface area contributed by atoms with E-state index < -0.39 is 11.7 Å². The summed E-state index contributed by atoms with van der Waals surface area (Å²) < 4.78 is 27.2. The number of nitrogens with zero attached hydrogens (tertiary/aromatic N) is 2. The van der Waals surface area contributed by atoms with Crippen molar-refractivity contribution in [1.29, 1.82) is 0 Å². The van der Waals surface area contributed by atoms with E-state index in [0.717, 1.165) is 37.4 Å². The zero-order valence-corrected chi connectivity index (χ0v) is 17.1. The molecule has 2 heterocycles. The second kappa shape index (κ2) is 9.66. The number of pyridine rings is 1. The van der Waals surface area contributed by atoms with Gasteiger partial charge in [0.1, 0.15) is 17.7 Å². The number of hydrogen-bond donors (Lipinski definition) is 2. The molecular weight excluding hydrogens is 398 g/mol. The second-order valence-electron chi connectivity index (χ2n) is 7.65. The van der Waals surface area contributed by atoms with Crippen molar-refractivity contribution in [2.45, 2.75) is 6.04 Å². The van der Waals surface area contributed by atoms with Crippen molar-refractivity contribution in [2.75, 3.05) is 37.6 Å². The van der Waals surface area contributed by atoms with Gasteiger partial charge >= 0.3 is 0 Å². The molecule has 0 radical (unpaired) electrons.